The minimum Gasteiger partial charge on any atom is -0.478 e. The van der Waals surface area contributed by atoms with E-state index in [0.717, 1.165) is 4.90 Å². The Labute approximate surface area is 107 Å². The first-order valence-corrected chi connectivity index (χ1v) is 5.97. The number of rotatable bonds is 3. The fourth-order valence-corrected chi connectivity index (χ4v) is 2.30. The van der Waals surface area contributed by atoms with Gasteiger partial charge in [0.15, 0.2) is 0 Å². The average Bonchev–Trinajstić information content (AvgIpc) is 2.32. The molecule has 2 aromatic rings. The molecule has 0 aliphatic carbocycles. The number of aromatic carboxylic acids is 1. The molecule has 1 aromatic heterocycles. The van der Waals surface area contributed by atoms with E-state index < -0.39 is 5.97 Å². The number of aromatic nitrogens is 1. The summed E-state index contributed by atoms with van der Waals surface area (Å²) < 4.78 is 0. The van der Waals surface area contributed by atoms with Crippen LogP contribution in [0.25, 0.3) is 0 Å². The average molecular weight is 266 g/mol. The van der Waals surface area contributed by atoms with Crippen LogP contribution < -0.4 is 0 Å². The second kappa shape index (κ2) is 5.21. The number of carboxylic acid groups (broad SMARTS) is 1. The van der Waals surface area contributed by atoms with E-state index in [1.165, 1.54) is 24.0 Å². The topological polar surface area (TPSA) is 50.2 Å². The van der Waals surface area contributed by atoms with Crippen LogP contribution in [-0.4, -0.2) is 16.1 Å². The molecule has 17 heavy (non-hydrogen) atoms. The Morgan fingerprint density at radius 3 is 2.59 bits per heavy atom. The third-order valence-corrected chi connectivity index (χ3v) is 3.36. The molecule has 0 amide bonds. The molecular formula is C12H8ClNO2S. The lowest BCUT2D eigenvalue weighted by Gasteiger charge is -2.04. The van der Waals surface area contributed by atoms with E-state index in [9.17, 15) is 4.79 Å². The van der Waals surface area contributed by atoms with Crippen LogP contribution in [0.5, 0.6) is 0 Å². The first-order valence-electron chi connectivity index (χ1n) is 4.77. The van der Waals surface area contributed by atoms with Crippen molar-refractivity contribution in [3.05, 3.63) is 53.3 Å². The Kier molecular flexibility index (Phi) is 3.66. The van der Waals surface area contributed by atoms with Crippen LogP contribution in [0.2, 0.25) is 5.02 Å². The van der Waals surface area contributed by atoms with E-state index >= 15 is 0 Å². The molecule has 3 nitrogen and oxygen atoms in total. The van der Waals surface area contributed by atoms with E-state index in [2.05, 4.69) is 4.98 Å². The highest BCUT2D eigenvalue weighted by Crippen LogP contribution is 2.30. The number of hydrogen-bond donors (Lipinski definition) is 1. The van der Waals surface area contributed by atoms with Gasteiger partial charge >= 0.3 is 5.97 Å². The monoisotopic (exact) mass is 265 g/mol. The van der Waals surface area contributed by atoms with E-state index in [4.69, 9.17) is 16.7 Å². The summed E-state index contributed by atoms with van der Waals surface area (Å²) in [5.41, 5.74) is 0.250. The van der Waals surface area contributed by atoms with Gasteiger partial charge in [-0.1, -0.05) is 23.4 Å². The SMILES string of the molecule is O=C(O)c1ccncc1Sc1ccc(Cl)cc1. The second-order valence-electron chi connectivity index (χ2n) is 3.23. The maximum absolute atomic E-state index is 11.0. The van der Waals surface area contributed by atoms with Crippen LogP contribution in [0, 0.1) is 0 Å². The predicted molar refractivity (Wildman–Crippen MR) is 66.8 cm³/mol. The molecule has 0 fully saturated rings. The number of carbonyl (C=O) groups is 1. The number of nitrogens with zero attached hydrogens (tertiary/aromatic N) is 1. The van der Waals surface area contributed by atoms with Gasteiger partial charge in [0, 0.05) is 27.2 Å². The molecule has 0 saturated carbocycles. The van der Waals surface area contributed by atoms with Crippen LogP contribution in [-0.2, 0) is 0 Å². The lowest BCUT2D eigenvalue weighted by molar-refractivity contribution is 0.0693. The Bertz CT molecular complexity index is 542. The van der Waals surface area contributed by atoms with Crippen LogP contribution >= 0.6 is 23.4 Å². The number of carboxylic acids is 1. The van der Waals surface area contributed by atoms with Crippen LogP contribution in [0.3, 0.4) is 0 Å². The van der Waals surface area contributed by atoms with Crippen molar-refractivity contribution in [3.8, 4) is 0 Å². The fraction of sp³-hybridized carbons (Fsp3) is 0. The van der Waals surface area contributed by atoms with Crippen molar-refractivity contribution in [3.63, 3.8) is 0 Å². The molecule has 0 atom stereocenters. The molecule has 86 valence electrons. The highest BCUT2D eigenvalue weighted by Gasteiger charge is 2.10. The van der Waals surface area contributed by atoms with Gasteiger partial charge in [-0.15, -0.1) is 0 Å². The van der Waals surface area contributed by atoms with Crippen molar-refractivity contribution < 1.29 is 9.90 Å². The third-order valence-electron chi connectivity index (χ3n) is 2.06. The van der Waals surface area contributed by atoms with Crippen molar-refractivity contribution in [1.29, 1.82) is 0 Å². The number of pyridine rings is 1. The molecule has 1 N–H and O–H groups in total. The first kappa shape index (κ1) is 12.0. The third kappa shape index (κ3) is 2.99. The lowest BCUT2D eigenvalue weighted by atomic mass is 10.3. The highest BCUT2D eigenvalue weighted by atomic mass is 35.5. The van der Waals surface area contributed by atoms with Crippen molar-refractivity contribution >= 4 is 29.3 Å². The predicted octanol–water partition coefficient (Wildman–Crippen LogP) is 3.58. The number of benzene rings is 1. The molecule has 0 aliphatic heterocycles. The molecule has 0 radical (unpaired) electrons. The van der Waals surface area contributed by atoms with Gasteiger partial charge in [0.05, 0.1) is 5.56 Å². The minimum absolute atomic E-state index is 0.250. The summed E-state index contributed by atoms with van der Waals surface area (Å²) in [6, 6.07) is 8.69. The number of halogens is 1. The van der Waals surface area contributed by atoms with Gasteiger partial charge in [-0.2, -0.15) is 0 Å². The van der Waals surface area contributed by atoms with Crippen molar-refractivity contribution in [2.24, 2.45) is 0 Å². The zero-order chi connectivity index (χ0) is 12.3. The van der Waals surface area contributed by atoms with Gasteiger partial charge in [0.25, 0.3) is 0 Å². The van der Waals surface area contributed by atoms with Gasteiger partial charge in [0.2, 0.25) is 0 Å². The molecule has 0 bridgehead atoms. The highest BCUT2D eigenvalue weighted by molar-refractivity contribution is 7.99. The first-order chi connectivity index (χ1) is 8.16. The Balaban J connectivity index is 2.30. The molecule has 2 rings (SSSR count). The summed E-state index contributed by atoms with van der Waals surface area (Å²) >= 11 is 7.13. The van der Waals surface area contributed by atoms with Crippen LogP contribution in [0.4, 0.5) is 0 Å². The maximum Gasteiger partial charge on any atom is 0.336 e. The smallest absolute Gasteiger partial charge is 0.336 e. The summed E-state index contributed by atoms with van der Waals surface area (Å²) in [4.78, 5) is 16.5. The van der Waals surface area contributed by atoms with Crippen molar-refractivity contribution in [1.82, 2.24) is 4.98 Å². The van der Waals surface area contributed by atoms with Crippen molar-refractivity contribution in [2.45, 2.75) is 9.79 Å². The lowest BCUT2D eigenvalue weighted by Crippen LogP contribution is -1.98. The molecule has 0 aliphatic rings. The van der Waals surface area contributed by atoms with Crippen molar-refractivity contribution in [2.75, 3.05) is 0 Å². The molecule has 5 heteroatoms. The molecular weight excluding hydrogens is 258 g/mol. The minimum atomic E-state index is -0.955. The van der Waals surface area contributed by atoms with Crippen LogP contribution in [0.15, 0.2) is 52.5 Å². The van der Waals surface area contributed by atoms with Crippen LogP contribution in [0.1, 0.15) is 10.4 Å². The van der Waals surface area contributed by atoms with E-state index in [1.54, 1.807) is 18.3 Å². The van der Waals surface area contributed by atoms with E-state index in [1.807, 2.05) is 12.1 Å². The van der Waals surface area contributed by atoms with Gasteiger partial charge in [-0.25, -0.2) is 4.79 Å². The Morgan fingerprint density at radius 2 is 1.94 bits per heavy atom. The van der Waals surface area contributed by atoms with Gasteiger partial charge in [0.1, 0.15) is 0 Å². The molecule has 1 aromatic carbocycles. The van der Waals surface area contributed by atoms with Gasteiger partial charge in [-0.05, 0) is 30.3 Å². The quantitative estimate of drug-likeness (QED) is 0.921. The molecule has 0 spiro atoms. The summed E-state index contributed by atoms with van der Waals surface area (Å²) in [6.07, 6.45) is 3.01. The largest absolute Gasteiger partial charge is 0.478 e. The summed E-state index contributed by atoms with van der Waals surface area (Å²) in [5.74, 6) is -0.955. The normalized spacial score (nSPS) is 10.2. The maximum atomic E-state index is 11.0. The van der Waals surface area contributed by atoms with Gasteiger partial charge < -0.3 is 5.11 Å². The molecule has 0 saturated heterocycles. The summed E-state index contributed by atoms with van der Waals surface area (Å²) in [7, 11) is 0. The van der Waals surface area contributed by atoms with E-state index in [0.29, 0.717) is 9.92 Å². The number of hydrogen-bond acceptors (Lipinski definition) is 3. The molecule has 1 heterocycles. The standard InChI is InChI=1S/C12H8ClNO2S/c13-8-1-3-9(4-2-8)17-11-7-14-6-5-10(11)12(15)16/h1-7H,(H,15,16). The Morgan fingerprint density at radius 1 is 1.24 bits per heavy atom. The second-order valence-corrected chi connectivity index (χ2v) is 4.78. The summed E-state index contributed by atoms with van der Waals surface area (Å²) in [6.45, 7) is 0. The Hall–Kier alpha value is -1.52. The zero-order valence-corrected chi connectivity index (χ0v) is 10.2. The fourth-order valence-electron chi connectivity index (χ4n) is 1.27. The van der Waals surface area contributed by atoms with Gasteiger partial charge in [-0.3, -0.25) is 4.98 Å². The molecule has 0 unspecified atom stereocenters. The summed E-state index contributed by atoms with van der Waals surface area (Å²) in [5, 5.41) is 9.68. The van der Waals surface area contributed by atoms with E-state index in [-0.39, 0.29) is 5.56 Å². The zero-order valence-electron chi connectivity index (χ0n) is 8.63.